The topological polar surface area (TPSA) is 82.3 Å². The number of halogens is 1. The average Bonchev–Trinajstić information content (AvgIpc) is 3.14. The largest absolute Gasteiger partial charge is 0.368 e. The number of hydrogen-bond acceptors (Lipinski definition) is 4. The van der Waals surface area contributed by atoms with Crippen molar-refractivity contribution in [3.63, 3.8) is 0 Å². The van der Waals surface area contributed by atoms with Gasteiger partial charge in [0.2, 0.25) is 5.28 Å². The number of H-pyrrole nitrogens is 2. The minimum atomic E-state index is 0.189. The highest BCUT2D eigenvalue weighted by Crippen LogP contribution is 2.20. The van der Waals surface area contributed by atoms with E-state index in [0.717, 1.165) is 24.0 Å². The van der Waals surface area contributed by atoms with Gasteiger partial charge in [-0.05, 0) is 29.7 Å². The number of hydrogen-bond donors (Lipinski definition) is 3. The van der Waals surface area contributed by atoms with Gasteiger partial charge in [-0.15, -0.1) is 0 Å². The highest BCUT2D eigenvalue weighted by Gasteiger charge is 2.09. The predicted molar refractivity (Wildman–Crippen MR) is 87.2 cm³/mol. The van der Waals surface area contributed by atoms with Gasteiger partial charge < -0.3 is 15.3 Å². The quantitative estimate of drug-likeness (QED) is 0.506. The summed E-state index contributed by atoms with van der Waals surface area (Å²) in [5, 5.41) is 4.73. The van der Waals surface area contributed by atoms with Gasteiger partial charge in [0.05, 0.1) is 6.33 Å². The molecule has 4 aromatic rings. The molecule has 22 heavy (non-hydrogen) atoms. The third-order valence-electron chi connectivity index (χ3n) is 3.62. The molecule has 0 fully saturated rings. The lowest BCUT2D eigenvalue weighted by molar-refractivity contribution is 1.01. The lowest BCUT2D eigenvalue weighted by atomic mass is 10.1. The highest BCUT2D eigenvalue weighted by atomic mass is 35.5. The van der Waals surface area contributed by atoms with Crippen molar-refractivity contribution >= 4 is 39.5 Å². The van der Waals surface area contributed by atoms with Crippen LogP contribution >= 0.6 is 11.6 Å². The molecule has 3 heterocycles. The van der Waals surface area contributed by atoms with Crippen molar-refractivity contribution < 1.29 is 0 Å². The van der Waals surface area contributed by atoms with Gasteiger partial charge >= 0.3 is 0 Å². The Morgan fingerprint density at radius 1 is 1.14 bits per heavy atom. The number of anilines is 1. The van der Waals surface area contributed by atoms with Crippen molar-refractivity contribution in [2.75, 3.05) is 11.9 Å². The fourth-order valence-electron chi connectivity index (χ4n) is 2.59. The third kappa shape index (κ3) is 2.27. The Balaban J connectivity index is 1.54. The number of nitrogens with zero attached hydrogens (tertiary/aromatic N) is 3. The number of para-hydroxylation sites is 1. The Kier molecular flexibility index (Phi) is 3.16. The van der Waals surface area contributed by atoms with Crippen molar-refractivity contribution in [2.45, 2.75) is 6.42 Å². The molecule has 110 valence electrons. The minimum Gasteiger partial charge on any atom is -0.368 e. The smallest absolute Gasteiger partial charge is 0.226 e. The lowest BCUT2D eigenvalue weighted by Gasteiger charge is -2.06. The molecule has 0 saturated carbocycles. The van der Waals surface area contributed by atoms with Crippen LogP contribution in [-0.2, 0) is 6.42 Å². The van der Waals surface area contributed by atoms with E-state index in [1.54, 1.807) is 6.33 Å². The normalized spacial score (nSPS) is 11.3. The molecule has 3 aromatic heterocycles. The zero-order valence-electron chi connectivity index (χ0n) is 11.6. The highest BCUT2D eigenvalue weighted by molar-refractivity contribution is 6.28. The summed E-state index contributed by atoms with van der Waals surface area (Å²) in [7, 11) is 0. The number of rotatable bonds is 4. The van der Waals surface area contributed by atoms with Crippen LogP contribution in [0.5, 0.6) is 0 Å². The summed E-state index contributed by atoms with van der Waals surface area (Å²) in [6, 6.07) is 8.27. The van der Waals surface area contributed by atoms with E-state index in [1.165, 1.54) is 10.9 Å². The molecule has 0 spiro atoms. The number of aromatic nitrogens is 5. The van der Waals surface area contributed by atoms with Crippen molar-refractivity contribution in [3.8, 4) is 0 Å². The van der Waals surface area contributed by atoms with Crippen LogP contribution in [0.3, 0.4) is 0 Å². The predicted octanol–water partition coefficient (Wildman–Crippen LogP) is 3.14. The van der Waals surface area contributed by atoms with Gasteiger partial charge in [-0.2, -0.15) is 9.97 Å². The molecule has 1 aromatic carbocycles. The fraction of sp³-hybridized carbons (Fsp3) is 0.133. The zero-order chi connectivity index (χ0) is 14.9. The van der Waals surface area contributed by atoms with Crippen LogP contribution in [0, 0.1) is 0 Å². The molecule has 0 radical (unpaired) electrons. The molecule has 6 nitrogen and oxygen atoms in total. The Bertz CT molecular complexity index is 941. The summed E-state index contributed by atoms with van der Waals surface area (Å²) in [5.41, 5.74) is 3.75. The van der Waals surface area contributed by atoms with Gasteiger partial charge in [-0.25, -0.2) is 4.98 Å². The van der Waals surface area contributed by atoms with Crippen LogP contribution in [0.15, 0.2) is 36.8 Å². The molecule has 0 unspecified atom stereocenters. The number of aromatic amines is 2. The number of imidazole rings is 1. The molecule has 0 amide bonds. The number of nitrogens with one attached hydrogen (secondary N) is 3. The maximum absolute atomic E-state index is 5.92. The number of benzene rings is 1. The van der Waals surface area contributed by atoms with E-state index >= 15 is 0 Å². The average molecular weight is 313 g/mol. The van der Waals surface area contributed by atoms with E-state index in [0.29, 0.717) is 11.5 Å². The van der Waals surface area contributed by atoms with Gasteiger partial charge in [0.15, 0.2) is 11.5 Å². The molecule has 0 bridgehead atoms. The van der Waals surface area contributed by atoms with E-state index in [2.05, 4.69) is 42.4 Å². The second-order valence-electron chi connectivity index (χ2n) is 4.98. The maximum Gasteiger partial charge on any atom is 0.226 e. The second kappa shape index (κ2) is 5.31. The first-order valence-electron chi connectivity index (χ1n) is 6.97. The van der Waals surface area contributed by atoms with Crippen molar-refractivity contribution in [3.05, 3.63) is 47.6 Å². The van der Waals surface area contributed by atoms with Crippen molar-refractivity contribution in [1.82, 2.24) is 24.9 Å². The molecular weight excluding hydrogens is 300 g/mol. The van der Waals surface area contributed by atoms with Crippen LogP contribution < -0.4 is 5.32 Å². The number of fused-ring (bicyclic) bond motifs is 2. The van der Waals surface area contributed by atoms with Crippen LogP contribution in [0.4, 0.5) is 5.82 Å². The van der Waals surface area contributed by atoms with Gasteiger partial charge in [0.1, 0.15) is 5.52 Å². The first kappa shape index (κ1) is 13.1. The SMILES string of the molecule is Clc1nc(NCCc2c[nH]c3ccccc23)c2[nH]cnc2n1. The summed E-state index contributed by atoms with van der Waals surface area (Å²) in [6.45, 7) is 0.739. The summed E-state index contributed by atoms with van der Waals surface area (Å²) in [4.78, 5) is 18.7. The molecule has 0 atom stereocenters. The van der Waals surface area contributed by atoms with Crippen LogP contribution in [0.2, 0.25) is 5.28 Å². The van der Waals surface area contributed by atoms with Crippen LogP contribution in [0.1, 0.15) is 5.56 Å². The molecule has 7 heteroatoms. The third-order valence-corrected chi connectivity index (χ3v) is 3.79. The standard InChI is InChI=1S/C15H13ClN6/c16-15-21-13(12-14(22-15)20-8-19-12)17-6-5-9-7-18-11-4-2-1-3-10(9)11/h1-4,7-8,18H,5-6H2,(H2,17,19,20,21,22). The summed E-state index contributed by atoms with van der Waals surface area (Å²) < 4.78 is 0. The first-order valence-corrected chi connectivity index (χ1v) is 7.34. The molecule has 0 aliphatic rings. The van der Waals surface area contributed by atoms with Crippen molar-refractivity contribution in [1.29, 1.82) is 0 Å². The maximum atomic E-state index is 5.92. The zero-order valence-corrected chi connectivity index (χ0v) is 12.4. The molecule has 3 N–H and O–H groups in total. The van der Waals surface area contributed by atoms with Crippen LogP contribution in [0.25, 0.3) is 22.1 Å². The van der Waals surface area contributed by atoms with Gasteiger partial charge in [-0.3, -0.25) is 0 Å². The second-order valence-corrected chi connectivity index (χ2v) is 5.32. The van der Waals surface area contributed by atoms with E-state index in [9.17, 15) is 0 Å². The minimum absolute atomic E-state index is 0.189. The Morgan fingerprint density at radius 2 is 2.05 bits per heavy atom. The van der Waals surface area contributed by atoms with E-state index < -0.39 is 0 Å². The molecule has 0 aliphatic heterocycles. The molecule has 4 rings (SSSR count). The van der Waals surface area contributed by atoms with E-state index in [-0.39, 0.29) is 5.28 Å². The fourth-order valence-corrected chi connectivity index (χ4v) is 2.75. The summed E-state index contributed by atoms with van der Waals surface area (Å²) in [5.74, 6) is 0.673. The van der Waals surface area contributed by atoms with Crippen molar-refractivity contribution in [2.24, 2.45) is 0 Å². The van der Waals surface area contributed by atoms with Gasteiger partial charge in [-0.1, -0.05) is 18.2 Å². The summed E-state index contributed by atoms with van der Waals surface area (Å²) in [6.07, 6.45) is 4.51. The Morgan fingerprint density at radius 3 is 3.00 bits per heavy atom. The Labute approximate surface area is 131 Å². The van der Waals surface area contributed by atoms with Gasteiger partial charge in [0.25, 0.3) is 0 Å². The van der Waals surface area contributed by atoms with E-state index in [4.69, 9.17) is 11.6 Å². The summed E-state index contributed by atoms with van der Waals surface area (Å²) >= 11 is 5.92. The Hall–Kier alpha value is -2.60. The lowest BCUT2D eigenvalue weighted by Crippen LogP contribution is -2.07. The molecule has 0 aliphatic carbocycles. The molecule has 0 saturated heterocycles. The van der Waals surface area contributed by atoms with Crippen LogP contribution in [-0.4, -0.2) is 31.5 Å². The monoisotopic (exact) mass is 312 g/mol. The molecular formula is C15H13ClN6. The van der Waals surface area contributed by atoms with E-state index in [1.807, 2.05) is 18.3 Å². The van der Waals surface area contributed by atoms with Gasteiger partial charge in [0, 0.05) is 23.6 Å². The first-order chi connectivity index (χ1) is 10.8.